The highest BCUT2D eigenvalue weighted by Gasteiger charge is 1.95. The van der Waals surface area contributed by atoms with Crippen LogP contribution in [-0.2, 0) is 0 Å². The molecule has 0 aliphatic carbocycles. The Morgan fingerprint density at radius 1 is 1.00 bits per heavy atom. The average Bonchev–Trinajstić information content (AvgIpc) is 2.28. The van der Waals surface area contributed by atoms with Crippen molar-refractivity contribution in [1.29, 1.82) is 0 Å². The van der Waals surface area contributed by atoms with Gasteiger partial charge in [-0.1, -0.05) is 30.4 Å². The van der Waals surface area contributed by atoms with Gasteiger partial charge in [-0.25, -0.2) is 0 Å². The molecule has 1 aliphatic heterocycles. The normalized spacial score (nSPS) is 12.3. The van der Waals surface area contributed by atoms with Gasteiger partial charge in [-0.15, -0.1) is 0 Å². The minimum absolute atomic E-state index is 0. The van der Waals surface area contributed by atoms with Gasteiger partial charge < -0.3 is 5.32 Å². The van der Waals surface area contributed by atoms with Crippen molar-refractivity contribution < 1.29 is 0 Å². The third-order valence-electron chi connectivity index (χ3n) is 1.68. The second-order valence-electron chi connectivity index (χ2n) is 2.45. The number of hydrogen-bond donors (Lipinski definition) is 1. The maximum absolute atomic E-state index is 3.18. The molecule has 0 atom stereocenters. The first-order valence-electron chi connectivity index (χ1n) is 3.65. The molecule has 1 N–H and O–H groups in total. The topological polar surface area (TPSA) is 12.0 Å². The van der Waals surface area contributed by atoms with Gasteiger partial charge in [-0.3, -0.25) is 0 Å². The van der Waals surface area contributed by atoms with Crippen LogP contribution in [0.3, 0.4) is 0 Å². The Balaban J connectivity index is 0.000000720. The quantitative estimate of drug-likeness (QED) is 0.565. The van der Waals surface area contributed by atoms with Crippen molar-refractivity contribution in [3.63, 3.8) is 0 Å². The smallest absolute Gasteiger partial charge is 0.0453 e. The molecule has 1 aliphatic rings. The maximum Gasteiger partial charge on any atom is 0.0453 e. The van der Waals surface area contributed by atoms with Crippen LogP contribution in [0.1, 0.15) is 5.56 Å². The molecule has 1 aromatic rings. The van der Waals surface area contributed by atoms with Crippen LogP contribution in [-0.4, -0.2) is 8.41 Å². The van der Waals surface area contributed by atoms with E-state index in [4.69, 9.17) is 0 Å². The van der Waals surface area contributed by atoms with Crippen molar-refractivity contribution in [2.24, 2.45) is 0 Å². The number of hydrogen-bond acceptors (Lipinski definition) is 1. The molecule has 0 amide bonds. The number of fused-ring (bicyclic) bond motifs is 1. The van der Waals surface area contributed by atoms with Crippen LogP contribution < -0.4 is 5.32 Å². The summed E-state index contributed by atoms with van der Waals surface area (Å²) in [6.07, 6.45) is 8.03. The molecule has 1 nitrogen and oxygen atoms in total. The molecule has 0 fully saturated rings. The Morgan fingerprint density at radius 3 is 2.75 bits per heavy atom. The number of anilines is 1. The molecule has 57 valence electrons. The van der Waals surface area contributed by atoms with Gasteiger partial charge >= 0.3 is 0 Å². The molecule has 1 heterocycles. The predicted molar refractivity (Wildman–Crippen MR) is 54.0 cm³/mol. The molecule has 1 aromatic carbocycles. The highest BCUT2D eigenvalue weighted by atomic mass is 14.8. The molecule has 0 unspecified atom stereocenters. The van der Waals surface area contributed by atoms with Crippen molar-refractivity contribution in [3.05, 3.63) is 48.2 Å². The molecule has 0 saturated heterocycles. The summed E-state index contributed by atoms with van der Waals surface area (Å²) < 4.78 is 0. The van der Waals surface area contributed by atoms with E-state index in [1.165, 1.54) is 5.56 Å². The zero-order valence-electron chi connectivity index (χ0n) is 6.70. The lowest BCUT2D eigenvalue weighted by molar-refractivity contribution is 1.57. The number of para-hydroxylation sites is 1. The lowest BCUT2D eigenvalue weighted by Crippen LogP contribution is -1.87. The minimum Gasteiger partial charge on any atom is -0.361 e. The first-order valence-corrected chi connectivity index (χ1v) is 3.65. The second kappa shape index (κ2) is 3.81. The summed E-state index contributed by atoms with van der Waals surface area (Å²) in [7, 11) is 0. The minimum atomic E-state index is 0. The largest absolute Gasteiger partial charge is 0.361 e. The van der Waals surface area contributed by atoms with Crippen LogP contribution in [0.5, 0.6) is 0 Å². The van der Waals surface area contributed by atoms with Crippen LogP contribution in [0.4, 0.5) is 5.69 Å². The fourth-order valence-corrected chi connectivity index (χ4v) is 1.13. The lowest BCUT2D eigenvalue weighted by Gasteiger charge is -2.01. The number of benzene rings is 1. The van der Waals surface area contributed by atoms with E-state index in [0.717, 1.165) is 5.69 Å². The third kappa shape index (κ3) is 1.59. The Hall–Kier alpha value is -1.44. The van der Waals surface area contributed by atoms with Crippen LogP contribution >= 0.6 is 0 Å². The van der Waals surface area contributed by atoms with Gasteiger partial charge in [0.05, 0.1) is 0 Å². The van der Waals surface area contributed by atoms with Gasteiger partial charge in [0.15, 0.2) is 0 Å². The summed E-state index contributed by atoms with van der Waals surface area (Å²) >= 11 is 0. The Labute approximate surface area is 74.4 Å². The van der Waals surface area contributed by atoms with Gasteiger partial charge in [-0.2, -0.15) is 0 Å². The van der Waals surface area contributed by atoms with Crippen molar-refractivity contribution in [1.82, 2.24) is 0 Å². The molecule has 0 aromatic heterocycles. The van der Waals surface area contributed by atoms with Gasteiger partial charge in [-0.05, 0) is 17.7 Å². The highest BCUT2D eigenvalue weighted by molar-refractivity contribution is 5.75. The van der Waals surface area contributed by atoms with E-state index in [1.54, 1.807) is 0 Å². The standard InChI is InChI=1S/C10H9N.B/c1-2-7-10-9(5-1)6-3-4-8-11-10;/h1-8,11H;. The molecule has 2 heteroatoms. The molecule has 12 heavy (non-hydrogen) atoms. The summed E-state index contributed by atoms with van der Waals surface area (Å²) in [6, 6.07) is 8.22. The van der Waals surface area contributed by atoms with Crippen LogP contribution in [0.25, 0.3) is 6.08 Å². The summed E-state index contributed by atoms with van der Waals surface area (Å²) in [4.78, 5) is 0. The number of nitrogens with one attached hydrogen (secondary N) is 1. The predicted octanol–water partition coefficient (Wildman–Crippen LogP) is 2.26. The van der Waals surface area contributed by atoms with E-state index in [-0.39, 0.29) is 8.41 Å². The molecular weight excluding hydrogens is 145 g/mol. The number of allylic oxidation sites excluding steroid dienone is 2. The summed E-state index contributed by atoms with van der Waals surface area (Å²) in [5.74, 6) is 0. The summed E-state index contributed by atoms with van der Waals surface area (Å²) in [5, 5.41) is 3.18. The zero-order chi connectivity index (χ0) is 7.52. The van der Waals surface area contributed by atoms with Crippen molar-refractivity contribution in [2.45, 2.75) is 0 Å². The van der Waals surface area contributed by atoms with Crippen molar-refractivity contribution in [3.8, 4) is 0 Å². The molecule has 0 spiro atoms. The van der Waals surface area contributed by atoms with Gasteiger partial charge in [0.2, 0.25) is 0 Å². The first-order chi connectivity index (χ1) is 5.47. The van der Waals surface area contributed by atoms with E-state index in [2.05, 4.69) is 23.5 Å². The summed E-state index contributed by atoms with van der Waals surface area (Å²) in [6.45, 7) is 0. The van der Waals surface area contributed by atoms with Crippen LogP contribution in [0, 0.1) is 0 Å². The molecule has 3 radical (unpaired) electrons. The van der Waals surface area contributed by atoms with E-state index in [0.29, 0.717) is 0 Å². The lowest BCUT2D eigenvalue weighted by atomic mass is 10.2. The Bertz CT molecular complexity index is 315. The van der Waals surface area contributed by atoms with Gasteiger partial charge in [0, 0.05) is 20.3 Å². The second-order valence-corrected chi connectivity index (χ2v) is 2.45. The molecule has 0 saturated carbocycles. The van der Waals surface area contributed by atoms with Crippen molar-refractivity contribution >= 4 is 20.2 Å². The Kier molecular flexibility index (Phi) is 2.75. The van der Waals surface area contributed by atoms with E-state index >= 15 is 0 Å². The highest BCUT2D eigenvalue weighted by Crippen LogP contribution is 2.18. The summed E-state index contributed by atoms with van der Waals surface area (Å²) in [5.41, 5.74) is 2.40. The monoisotopic (exact) mass is 154 g/mol. The molecule has 0 bridgehead atoms. The van der Waals surface area contributed by atoms with E-state index in [1.807, 2.05) is 30.5 Å². The van der Waals surface area contributed by atoms with Crippen LogP contribution in [0.2, 0.25) is 0 Å². The van der Waals surface area contributed by atoms with Gasteiger partial charge in [0.25, 0.3) is 0 Å². The fourth-order valence-electron chi connectivity index (χ4n) is 1.13. The average molecular weight is 154 g/mol. The van der Waals surface area contributed by atoms with Crippen LogP contribution in [0.15, 0.2) is 42.6 Å². The van der Waals surface area contributed by atoms with E-state index < -0.39 is 0 Å². The number of rotatable bonds is 0. The maximum atomic E-state index is 3.18. The first kappa shape index (κ1) is 8.66. The zero-order valence-corrected chi connectivity index (χ0v) is 6.70. The van der Waals surface area contributed by atoms with Gasteiger partial charge in [0.1, 0.15) is 0 Å². The van der Waals surface area contributed by atoms with Crippen molar-refractivity contribution in [2.75, 3.05) is 5.32 Å². The Morgan fingerprint density at radius 2 is 1.83 bits per heavy atom. The molecule has 2 rings (SSSR count). The van der Waals surface area contributed by atoms with E-state index in [9.17, 15) is 0 Å². The fraction of sp³-hybridized carbons (Fsp3) is 0. The third-order valence-corrected chi connectivity index (χ3v) is 1.68. The SMILES string of the molecule is C1=CNc2ccccc2C=C1.[B]. The molecular formula is C10H9BN.